The van der Waals surface area contributed by atoms with Crippen LogP contribution in [-0.4, -0.2) is 56.4 Å². The Bertz CT molecular complexity index is 993. The maximum atomic E-state index is 13.5. The third kappa shape index (κ3) is 3.60. The van der Waals surface area contributed by atoms with Crippen LogP contribution < -0.4 is 10.2 Å². The molecule has 2 aliphatic heterocycles. The summed E-state index contributed by atoms with van der Waals surface area (Å²) in [4.78, 5) is 28.2. The zero-order valence-electron chi connectivity index (χ0n) is 16.2. The minimum Gasteiger partial charge on any atom is -0.314 e. The van der Waals surface area contributed by atoms with Gasteiger partial charge in [0, 0.05) is 17.8 Å². The fourth-order valence-corrected chi connectivity index (χ4v) is 4.03. The van der Waals surface area contributed by atoms with Gasteiger partial charge in [-0.25, -0.2) is 22.3 Å². The third-order valence-electron chi connectivity index (χ3n) is 5.17. The summed E-state index contributed by atoms with van der Waals surface area (Å²) in [5, 5.41) is 6.75. The number of amides is 3. The summed E-state index contributed by atoms with van der Waals surface area (Å²) >= 11 is 1.47. The van der Waals surface area contributed by atoms with E-state index < -0.39 is 23.5 Å². The van der Waals surface area contributed by atoms with E-state index in [0.717, 1.165) is 12.1 Å². The quantitative estimate of drug-likeness (QED) is 0.587. The number of rotatable bonds is 3. The van der Waals surface area contributed by atoms with Crippen LogP contribution in [0.3, 0.4) is 0 Å². The van der Waals surface area contributed by atoms with Gasteiger partial charge in [0.05, 0.1) is 49.9 Å². The molecule has 1 aromatic carbocycles. The molecule has 3 amide bonds. The van der Waals surface area contributed by atoms with Crippen molar-refractivity contribution in [3.63, 3.8) is 0 Å². The molecule has 30 heavy (non-hydrogen) atoms. The summed E-state index contributed by atoms with van der Waals surface area (Å²) in [5.74, 6) is -4.43. The molecule has 3 heterocycles. The molecular weight excluding hydrogens is 421 g/mol. The first-order valence-electron chi connectivity index (χ1n) is 9.14. The fourth-order valence-electron chi connectivity index (χ4n) is 3.56. The first-order valence-corrected chi connectivity index (χ1v) is 10.3. The largest absolute Gasteiger partial charge is 0.322 e. The Morgan fingerprint density at radius 1 is 1.23 bits per heavy atom. The lowest BCUT2D eigenvalue weighted by molar-refractivity contribution is -0.116. The number of halogens is 3. The van der Waals surface area contributed by atoms with Gasteiger partial charge in [-0.2, -0.15) is 5.10 Å². The summed E-state index contributed by atoms with van der Waals surface area (Å²) in [5.41, 5.74) is 1.13. The normalized spacial score (nSPS) is 19.4. The molecule has 0 aliphatic carbocycles. The molecule has 2 aliphatic rings. The molecule has 1 atom stereocenters. The zero-order chi connectivity index (χ0) is 21.6. The van der Waals surface area contributed by atoms with E-state index in [4.69, 9.17) is 0 Å². The highest BCUT2D eigenvalue weighted by atomic mass is 32.2. The summed E-state index contributed by atoms with van der Waals surface area (Å²) in [7, 11) is 0. The Morgan fingerprint density at radius 3 is 2.57 bits per heavy atom. The van der Waals surface area contributed by atoms with Crippen molar-refractivity contribution in [3.8, 4) is 0 Å². The summed E-state index contributed by atoms with van der Waals surface area (Å²) in [6, 6.07) is 0.586. The molecule has 1 saturated heterocycles. The topological polar surface area (TPSA) is 73.7 Å². The van der Waals surface area contributed by atoms with Crippen LogP contribution in [0.2, 0.25) is 0 Å². The molecule has 1 aromatic heterocycles. The van der Waals surface area contributed by atoms with Crippen molar-refractivity contribution in [3.05, 3.63) is 41.5 Å². The monoisotopic (exact) mass is 440 g/mol. The number of nitrogens with zero attached hydrogens (tertiary/aromatic N) is 5. The van der Waals surface area contributed by atoms with Crippen LogP contribution in [0.4, 0.5) is 29.3 Å². The van der Waals surface area contributed by atoms with Gasteiger partial charge in [-0.1, -0.05) is 11.9 Å². The molecule has 0 spiro atoms. The van der Waals surface area contributed by atoms with Crippen LogP contribution in [-0.2, 0) is 17.9 Å². The lowest BCUT2D eigenvalue weighted by Crippen LogP contribution is -2.47. The van der Waals surface area contributed by atoms with Crippen molar-refractivity contribution in [1.29, 1.82) is 0 Å². The van der Waals surface area contributed by atoms with Crippen LogP contribution >= 0.6 is 11.9 Å². The number of hydrogen-bond donors (Lipinski definition) is 1. The van der Waals surface area contributed by atoms with E-state index in [0.29, 0.717) is 24.6 Å². The van der Waals surface area contributed by atoms with E-state index in [2.05, 4.69) is 10.4 Å². The van der Waals surface area contributed by atoms with E-state index >= 15 is 0 Å². The third-order valence-corrected chi connectivity index (χ3v) is 5.93. The number of hydrogen-bond acceptors (Lipinski definition) is 5. The molecule has 1 fully saturated rings. The van der Waals surface area contributed by atoms with Crippen LogP contribution in [0.15, 0.2) is 18.3 Å². The second-order valence-corrected chi connectivity index (χ2v) is 7.99. The molecule has 4 rings (SSSR count). The highest BCUT2D eigenvalue weighted by Crippen LogP contribution is 2.30. The smallest absolute Gasteiger partial charge is 0.314 e. The number of carbonyl (C=O) groups is 2. The number of nitrogens with one attached hydrogen (secondary N) is 1. The van der Waals surface area contributed by atoms with Gasteiger partial charge in [0.1, 0.15) is 0 Å². The van der Waals surface area contributed by atoms with Crippen molar-refractivity contribution in [2.24, 2.45) is 0 Å². The standard InChI is InChI=1S/C18H19F3N6O2S/c1-10-6-27-15(14(5-22-27)26-9-24(30-2)8-16(26)28)7-25(10)18(29)23-11-3-12(19)17(21)13(20)4-11/h3-5,10H,6-9H2,1-2H3,(H,23,29)/t10-/m0/s1. The average Bonchev–Trinajstić information content (AvgIpc) is 3.27. The maximum Gasteiger partial charge on any atom is 0.322 e. The molecule has 1 N–H and O–H groups in total. The van der Waals surface area contributed by atoms with E-state index in [1.54, 1.807) is 15.8 Å². The molecule has 8 nitrogen and oxygen atoms in total. The summed E-state index contributed by atoms with van der Waals surface area (Å²) in [6.45, 7) is 3.05. The van der Waals surface area contributed by atoms with E-state index in [1.165, 1.54) is 16.8 Å². The molecule has 0 bridgehead atoms. The van der Waals surface area contributed by atoms with Crippen LogP contribution in [0, 0.1) is 17.5 Å². The molecule has 0 radical (unpaired) electrons. The summed E-state index contributed by atoms with van der Waals surface area (Å²) < 4.78 is 43.7. The maximum absolute atomic E-state index is 13.5. The second kappa shape index (κ2) is 7.84. The molecule has 12 heteroatoms. The fraction of sp³-hybridized carbons (Fsp3) is 0.389. The minimum absolute atomic E-state index is 0.0629. The SMILES string of the molecule is CSN1CC(=O)N(c2cnn3c2CN(C(=O)Nc2cc(F)c(F)c(F)c2)[C@@H](C)C3)C1. The number of carbonyl (C=O) groups excluding carboxylic acids is 2. The Labute approximate surface area is 174 Å². The van der Waals surface area contributed by atoms with E-state index in [9.17, 15) is 22.8 Å². The molecule has 0 unspecified atom stereocenters. The van der Waals surface area contributed by atoms with E-state index in [1.807, 2.05) is 17.5 Å². The minimum atomic E-state index is -1.59. The zero-order valence-corrected chi connectivity index (χ0v) is 17.0. The van der Waals surface area contributed by atoms with Gasteiger partial charge >= 0.3 is 6.03 Å². The number of fused-ring (bicyclic) bond motifs is 1. The highest BCUT2D eigenvalue weighted by molar-refractivity contribution is 7.96. The van der Waals surface area contributed by atoms with Crippen molar-refractivity contribution in [2.75, 3.05) is 29.7 Å². The Kier molecular flexibility index (Phi) is 5.36. The van der Waals surface area contributed by atoms with Crippen molar-refractivity contribution in [1.82, 2.24) is 19.0 Å². The number of urea groups is 1. The predicted octanol–water partition coefficient (Wildman–Crippen LogP) is 2.62. The Hall–Kier alpha value is -2.73. The van der Waals surface area contributed by atoms with Crippen molar-refractivity contribution < 1.29 is 22.8 Å². The van der Waals surface area contributed by atoms with Crippen LogP contribution in [0.5, 0.6) is 0 Å². The first kappa shape index (κ1) is 20.5. The van der Waals surface area contributed by atoms with Crippen molar-refractivity contribution >= 4 is 35.3 Å². The van der Waals surface area contributed by atoms with Crippen LogP contribution in [0.25, 0.3) is 0 Å². The van der Waals surface area contributed by atoms with Gasteiger partial charge in [0.15, 0.2) is 17.5 Å². The second-order valence-electron chi connectivity index (χ2n) is 7.11. The van der Waals surface area contributed by atoms with Crippen molar-refractivity contribution in [2.45, 2.75) is 26.1 Å². The summed E-state index contributed by atoms with van der Waals surface area (Å²) in [6.07, 6.45) is 3.50. The molecule has 160 valence electrons. The first-order chi connectivity index (χ1) is 14.3. The molecular formula is C18H19F3N6O2S. The number of aromatic nitrogens is 2. The molecule has 2 aromatic rings. The highest BCUT2D eigenvalue weighted by Gasteiger charge is 2.35. The van der Waals surface area contributed by atoms with E-state index in [-0.39, 0.29) is 30.7 Å². The van der Waals surface area contributed by atoms with Gasteiger partial charge in [-0.05, 0) is 13.2 Å². The van der Waals surface area contributed by atoms with Gasteiger partial charge in [0.2, 0.25) is 5.91 Å². The average molecular weight is 440 g/mol. The Balaban J connectivity index is 1.55. The van der Waals surface area contributed by atoms with Gasteiger partial charge < -0.3 is 10.2 Å². The van der Waals surface area contributed by atoms with Crippen LogP contribution in [0.1, 0.15) is 12.6 Å². The lowest BCUT2D eigenvalue weighted by atomic mass is 10.2. The van der Waals surface area contributed by atoms with Gasteiger partial charge in [-0.3, -0.25) is 14.4 Å². The predicted molar refractivity (Wildman–Crippen MR) is 105 cm³/mol. The molecule has 0 saturated carbocycles. The lowest BCUT2D eigenvalue weighted by Gasteiger charge is -2.35. The number of benzene rings is 1. The van der Waals surface area contributed by atoms with Gasteiger partial charge in [0.25, 0.3) is 0 Å². The van der Waals surface area contributed by atoms with Gasteiger partial charge in [-0.15, -0.1) is 0 Å². The Morgan fingerprint density at radius 2 is 1.93 bits per heavy atom. The number of anilines is 2.